The maximum atomic E-state index is 11.1. The van der Waals surface area contributed by atoms with Crippen LogP contribution in [0.15, 0.2) is 0 Å². The van der Waals surface area contributed by atoms with Crippen molar-refractivity contribution in [2.24, 2.45) is 5.92 Å². The van der Waals surface area contributed by atoms with Crippen LogP contribution in [-0.2, 0) is 9.53 Å². The van der Waals surface area contributed by atoms with Gasteiger partial charge in [-0.2, -0.15) is 0 Å². The maximum Gasteiger partial charge on any atom is 0.409 e. The smallest absolute Gasteiger partial charge is 0.409 e. The number of rotatable bonds is 1. The molecule has 0 aromatic rings. The lowest BCUT2D eigenvalue weighted by Crippen LogP contribution is -2.48. The summed E-state index contributed by atoms with van der Waals surface area (Å²) in [5.74, 6) is -1.71. The molecule has 2 N–H and O–H groups in total. The molecule has 0 aromatic carbocycles. The number of β-amino-alcohol motifs (C(OH)–C–C–N with tert-alkyl or cyclic N) is 1. The summed E-state index contributed by atoms with van der Waals surface area (Å²) in [5, 5.41) is 18.1. The Labute approximate surface area is 81.1 Å². The first-order valence-corrected chi connectivity index (χ1v) is 4.28. The summed E-state index contributed by atoms with van der Waals surface area (Å²) < 4.78 is 4.45. The van der Waals surface area contributed by atoms with E-state index in [9.17, 15) is 14.7 Å². The minimum atomic E-state index is -1.00. The van der Waals surface area contributed by atoms with Gasteiger partial charge in [-0.25, -0.2) is 4.79 Å². The minimum absolute atomic E-state index is 0.0963. The average Bonchev–Trinajstić information content (AvgIpc) is 2.15. The Morgan fingerprint density at radius 2 is 2.07 bits per heavy atom. The molecule has 1 fully saturated rings. The molecule has 6 heteroatoms. The van der Waals surface area contributed by atoms with Crippen LogP contribution in [0.4, 0.5) is 4.79 Å². The zero-order valence-corrected chi connectivity index (χ0v) is 7.84. The third-order valence-electron chi connectivity index (χ3n) is 2.21. The number of amides is 1. The number of carbonyl (C=O) groups excluding carboxylic acids is 1. The van der Waals surface area contributed by atoms with Gasteiger partial charge in [0.25, 0.3) is 0 Å². The van der Waals surface area contributed by atoms with E-state index in [1.807, 2.05) is 0 Å². The first-order valence-electron chi connectivity index (χ1n) is 4.28. The van der Waals surface area contributed by atoms with Crippen molar-refractivity contribution in [1.82, 2.24) is 4.90 Å². The molecule has 0 aromatic heterocycles. The number of nitrogens with zero attached hydrogens (tertiary/aromatic N) is 1. The third-order valence-corrected chi connectivity index (χ3v) is 2.21. The number of ether oxygens (including phenoxy) is 1. The van der Waals surface area contributed by atoms with E-state index in [1.54, 1.807) is 0 Å². The molecule has 1 aliphatic heterocycles. The number of carbonyl (C=O) groups is 2. The monoisotopic (exact) mass is 203 g/mol. The number of methoxy groups -OCH3 is 1. The number of aliphatic carboxylic acids is 1. The summed E-state index contributed by atoms with van der Waals surface area (Å²) in [7, 11) is 1.22. The summed E-state index contributed by atoms with van der Waals surface area (Å²) in [4.78, 5) is 22.9. The van der Waals surface area contributed by atoms with Crippen LogP contribution in [0.2, 0.25) is 0 Å². The normalized spacial score (nSPS) is 27.1. The van der Waals surface area contributed by atoms with Crippen molar-refractivity contribution in [2.75, 3.05) is 20.2 Å². The zero-order chi connectivity index (χ0) is 10.7. The van der Waals surface area contributed by atoms with Crippen LogP contribution < -0.4 is 0 Å². The quantitative estimate of drug-likeness (QED) is 0.601. The maximum absolute atomic E-state index is 11.1. The molecule has 80 valence electrons. The summed E-state index contributed by atoms with van der Waals surface area (Å²) in [6.45, 7) is 0.232. The van der Waals surface area contributed by atoms with E-state index >= 15 is 0 Å². The lowest BCUT2D eigenvalue weighted by molar-refractivity contribution is -0.145. The van der Waals surface area contributed by atoms with Gasteiger partial charge in [-0.15, -0.1) is 0 Å². The molecule has 0 spiro atoms. The summed E-state index contributed by atoms with van der Waals surface area (Å²) in [6.07, 6.45) is -1.21. The van der Waals surface area contributed by atoms with E-state index < -0.39 is 24.1 Å². The Morgan fingerprint density at radius 1 is 1.43 bits per heavy atom. The van der Waals surface area contributed by atoms with Gasteiger partial charge in [-0.05, 0) is 6.42 Å². The van der Waals surface area contributed by atoms with E-state index in [4.69, 9.17) is 5.11 Å². The van der Waals surface area contributed by atoms with Crippen molar-refractivity contribution in [1.29, 1.82) is 0 Å². The molecule has 2 atom stereocenters. The number of piperidine rings is 1. The molecule has 1 aliphatic rings. The predicted octanol–water partition coefficient (Wildman–Crippen LogP) is -0.480. The number of carboxylic acids is 1. The Morgan fingerprint density at radius 3 is 2.57 bits per heavy atom. The first kappa shape index (κ1) is 10.8. The standard InChI is InChI=1S/C8H13NO5/c1-14-8(13)9-3-5(7(11)12)2-6(10)4-9/h5-6,10H,2-4H2,1H3,(H,11,12). The lowest BCUT2D eigenvalue weighted by atomic mass is 9.96. The molecule has 0 aliphatic carbocycles. The number of hydrogen-bond donors (Lipinski definition) is 2. The second kappa shape index (κ2) is 4.28. The molecule has 2 unspecified atom stereocenters. The molecule has 14 heavy (non-hydrogen) atoms. The Balaban J connectivity index is 2.62. The van der Waals surface area contributed by atoms with Gasteiger partial charge >= 0.3 is 12.1 Å². The minimum Gasteiger partial charge on any atom is -0.481 e. The molecule has 0 bridgehead atoms. The first-order chi connectivity index (χ1) is 6.54. The van der Waals surface area contributed by atoms with Gasteiger partial charge in [-0.3, -0.25) is 4.79 Å². The van der Waals surface area contributed by atoms with Gasteiger partial charge < -0.3 is 19.8 Å². The highest BCUT2D eigenvalue weighted by Gasteiger charge is 2.33. The molecule has 0 radical (unpaired) electrons. The molecule has 1 amide bonds. The van der Waals surface area contributed by atoms with Gasteiger partial charge in [0.2, 0.25) is 0 Å². The highest BCUT2D eigenvalue weighted by atomic mass is 16.5. The Bertz CT molecular complexity index is 242. The second-order valence-electron chi connectivity index (χ2n) is 3.30. The van der Waals surface area contributed by atoms with Crippen LogP contribution in [0, 0.1) is 5.92 Å². The largest absolute Gasteiger partial charge is 0.481 e. The Kier molecular flexibility index (Phi) is 3.29. The van der Waals surface area contributed by atoms with Gasteiger partial charge in [0.1, 0.15) is 0 Å². The fraction of sp³-hybridized carbons (Fsp3) is 0.750. The number of carboxylic acid groups (broad SMARTS) is 1. The molecule has 1 heterocycles. The summed E-state index contributed by atoms with van der Waals surface area (Å²) in [6, 6.07) is 0. The van der Waals surface area contributed by atoms with Crippen LogP contribution in [0.3, 0.4) is 0 Å². The molecular formula is C8H13NO5. The highest BCUT2D eigenvalue weighted by molar-refractivity contribution is 5.73. The molecule has 1 rings (SSSR count). The number of likely N-dealkylation sites (tertiary alicyclic amines) is 1. The van der Waals surface area contributed by atoms with E-state index in [-0.39, 0.29) is 19.5 Å². The SMILES string of the molecule is COC(=O)N1CC(O)CC(C(=O)O)C1. The van der Waals surface area contributed by atoms with Crippen LogP contribution >= 0.6 is 0 Å². The van der Waals surface area contributed by atoms with E-state index in [0.717, 1.165) is 0 Å². The van der Waals surface area contributed by atoms with Crippen molar-refractivity contribution in [2.45, 2.75) is 12.5 Å². The van der Waals surface area contributed by atoms with Crippen LogP contribution in [0.1, 0.15) is 6.42 Å². The third kappa shape index (κ3) is 2.35. The fourth-order valence-electron chi connectivity index (χ4n) is 1.53. The van der Waals surface area contributed by atoms with E-state index in [1.165, 1.54) is 12.0 Å². The summed E-state index contributed by atoms with van der Waals surface area (Å²) >= 11 is 0. The number of aliphatic hydroxyl groups is 1. The summed E-state index contributed by atoms with van der Waals surface area (Å²) in [5.41, 5.74) is 0. The number of aliphatic hydroxyl groups excluding tert-OH is 1. The van der Waals surface area contributed by atoms with Crippen molar-refractivity contribution < 1.29 is 24.5 Å². The molecular weight excluding hydrogens is 190 g/mol. The van der Waals surface area contributed by atoms with Crippen molar-refractivity contribution in [3.63, 3.8) is 0 Å². The van der Waals surface area contributed by atoms with Gasteiger partial charge in [-0.1, -0.05) is 0 Å². The topological polar surface area (TPSA) is 87.1 Å². The Hall–Kier alpha value is -1.30. The van der Waals surface area contributed by atoms with Crippen LogP contribution in [0.5, 0.6) is 0 Å². The molecule has 6 nitrogen and oxygen atoms in total. The molecule has 0 saturated carbocycles. The van der Waals surface area contributed by atoms with Crippen molar-refractivity contribution >= 4 is 12.1 Å². The van der Waals surface area contributed by atoms with E-state index in [2.05, 4.69) is 4.74 Å². The van der Waals surface area contributed by atoms with E-state index in [0.29, 0.717) is 0 Å². The highest BCUT2D eigenvalue weighted by Crippen LogP contribution is 2.17. The predicted molar refractivity (Wildman–Crippen MR) is 45.7 cm³/mol. The lowest BCUT2D eigenvalue weighted by Gasteiger charge is -2.32. The average molecular weight is 203 g/mol. The van der Waals surface area contributed by atoms with Gasteiger partial charge in [0.15, 0.2) is 0 Å². The molecule has 1 saturated heterocycles. The number of hydrogen-bond acceptors (Lipinski definition) is 4. The van der Waals surface area contributed by atoms with Gasteiger partial charge in [0, 0.05) is 13.1 Å². The van der Waals surface area contributed by atoms with Crippen LogP contribution in [-0.4, -0.2) is 53.5 Å². The van der Waals surface area contributed by atoms with Gasteiger partial charge in [0.05, 0.1) is 19.1 Å². The zero-order valence-electron chi connectivity index (χ0n) is 7.84. The van der Waals surface area contributed by atoms with Crippen molar-refractivity contribution in [3.8, 4) is 0 Å². The van der Waals surface area contributed by atoms with Crippen LogP contribution in [0.25, 0.3) is 0 Å². The second-order valence-corrected chi connectivity index (χ2v) is 3.30. The van der Waals surface area contributed by atoms with Crippen molar-refractivity contribution in [3.05, 3.63) is 0 Å². The fourth-order valence-corrected chi connectivity index (χ4v) is 1.53.